The zero-order chi connectivity index (χ0) is 23.2. The SMILES string of the molecule is CC/C=C/CCCCCCCCCC(=O)C1=NCC[N+]1(CCO)CC(O)CS(=O)(=O)[O-].[Na+]. The van der Waals surface area contributed by atoms with E-state index in [4.69, 9.17) is 0 Å². The van der Waals surface area contributed by atoms with Gasteiger partial charge in [-0.1, -0.05) is 51.2 Å². The number of hydrogen-bond donors (Lipinski definition) is 2. The Labute approximate surface area is 215 Å². The summed E-state index contributed by atoms with van der Waals surface area (Å²) in [7, 11) is -4.58. The number of hydrogen-bond acceptors (Lipinski definition) is 7. The number of carbonyl (C=O) groups is 1. The number of carbonyl (C=O) groups excluding carboxylic acids is 1. The van der Waals surface area contributed by atoms with Gasteiger partial charge in [-0.15, -0.1) is 0 Å². The van der Waals surface area contributed by atoms with Crippen molar-refractivity contribution in [2.75, 3.05) is 38.5 Å². The predicted molar refractivity (Wildman–Crippen MR) is 121 cm³/mol. The summed E-state index contributed by atoms with van der Waals surface area (Å²) < 4.78 is 32.8. The second kappa shape index (κ2) is 17.3. The van der Waals surface area contributed by atoms with Crippen LogP contribution in [0, 0.1) is 0 Å². The van der Waals surface area contributed by atoms with Gasteiger partial charge in [-0.3, -0.25) is 9.28 Å². The second-order valence-corrected chi connectivity index (χ2v) is 9.85. The van der Waals surface area contributed by atoms with Crippen LogP contribution in [0.2, 0.25) is 0 Å². The molecule has 0 radical (unpaired) electrons. The van der Waals surface area contributed by atoms with Crippen LogP contribution in [0.3, 0.4) is 0 Å². The molecule has 2 atom stereocenters. The van der Waals surface area contributed by atoms with Crippen molar-refractivity contribution in [3.63, 3.8) is 0 Å². The number of allylic oxidation sites excluding steroid dienone is 2. The summed E-state index contributed by atoms with van der Waals surface area (Å²) in [6.45, 7) is 2.75. The van der Waals surface area contributed by atoms with Crippen LogP contribution < -0.4 is 29.6 Å². The van der Waals surface area contributed by atoms with Crippen molar-refractivity contribution >= 4 is 21.7 Å². The smallest absolute Gasteiger partial charge is 0.748 e. The topological polar surface area (TPSA) is 127 Å². The molecule has 1 aliphatic heterocycles. The van der Waals surface area contributed by atoms with E-state index >= 15 is 0 Å². The fourth-order valence-electron chi connectivity index (χ4n) is 4.15. The van der Waals surface area contributed by atoms with E-state index in [0.29, 0.717) is 19.5 Å². The Kier molecular flexibility index (Phi) is 17.3. The van der Waals surface area contributed by atoms with E-state index in [1.165, 1.54) is 19.3 Å². The van der Waals surface area contributed by atoms with E-state index < -0.39 is 22.0 Å². The first kappa shape index (κ1) is 31.9. The van der Waals surface area contributed by atoms with Crippen molar-refractivity contribution < 1.29 is 62.0 Å². The molecular formula is C22H40N2NaO6S+. The average Bonchev–Trinajstić information content (AvgIpc) is 3.07. The molecule has 0 fully saturated rings. The molecule has 0 aliphatic carbocycles. The maximum atomic E-state index is 12.8. The molecule has 2 unspecified atom stereocenters. The number of Topliss-reactive ketones (excluding diaryl/α,β-unsaturated/α-hetero) is 1. The monoisotopic (exact) mass is 483 g/mol. The normalized spacial score (nSPS) is 19.7. The summed E-state index contributed by atoms with van der Waals surface area (Å²) in [6, 6.07) is 0. The molecular weight excluding hydrogens is 443 g/mol. The number of unbranched alkanes of at least 4 members (excludes halogenated alkanes) is 7. The Hall–Kier alpha value is -0.130. The molecule has 0 aromatic rings. The summed E-state index contributed by atoms with van der Waals surface area (Å²) in [5, 5.41) is 19.5. The zero-order valence-electron chi connectivity index (χ0n) is 19.9. The van der Waals surface area contributed by atoms with Gasteiger partial charge in [-0.25, -0.2) is 13.4 Å². The molecule has 0 aromatic heterocycles. The summed E-state index contributed by atoms with van der Waals surface area (Å²) in [6.07, 6.45) is 13.3. The molecule has 8 nitrogen and oxygen atoms in total. The standard InChI is InChI=1S/C22H40N2O6S.Na/c1-2-3-4-5-6-7-8-9-10-11-12-13-21(27)22-23-14-15-24(22,16-17-25)18-20(26)19-31(28,29)30;/h3-4,20,25-26H,2,5-19H2,1H3;/q;+1/b4-3+;. The van der Waals surface area contributed by atoms with E-state index in [0.717, 1.165) is 38.5 Å². The number of aliphatic imine (C=N–C) groups is 1. The predicted octanol–water partition coefficient (Wildman–Crippen LogP) is -0.836. The fraction of sp³-hybridized carbons (Fsp3) is 0.818. The van der Waals surface area contributed by atoms with Crippen LogP contribution in [0.25, 0.3) is 0 Å². The minimum atomic E-state index is -4.58. The minimum Gasteiger partial charge on any atom is -0.748 e. The summed E-state index contributed by atoms with van der Waals surface area (Å²) >= 11 is 0. The molecule has 10 heteroatoms. The van der Waals surface area contributed by atoms with Crippen molar-refractivity contribution in [2.24, 2.45) is 4.99 Å². The van der Waals surface area contributed by atoms with Gasteiger partial charge in [-0.05, 0) is 25.7 Å². The molecule has 0 bridgehead atoms. The summed E-state index contributed by atoms with van der Waals surface area (Å²) in [5.41, 5.74) is 0. The molecule has 0 aromatic carbocycles. The first-order valence-electron chi connectivity index (χ1n) is 11.6. The molecule has 1 heterocycles. The molecule has 180 valence electrons. The van der Waals surface area contributed by atoms with Gasteiger partial charge in [0.05, 0.1) is 29.0 Å². The third kappa shape index (κ3) is 12.9. The quantitative estimate of drug-likeness (QED) is 0.0861. The number of nitrogens with zero attached hydrogens (tertiary/aromatic N) is 2. The maximum Gasteiger partial charge on any atom is 1.00 e. The number of rotatable bonds is 18. The Balaban J connectivity index is 0.00000961. The van der Waals surface area contributed by atoms with Crippen molar-refractivity contribution in [1.29, 1.82) is 0 Å². The van der Waals surface area contributed by atoms with Crippen LogP contribution in [-0.2, 0) is 14.9 Å². The molecule has 0 amide bonds. The van der Waals surface area contributed by atoms with Gasteiger partial charge in [0.25, 0.3) is 5.84 Å². The van der Waals surface area contributed by atoms with Gasteiger partial charge in [0.15, 0.2) is 0 Å². The van der Waals surface area contributed by atoms with Crippen LogP contribution in [-0.4, -0.2) is 83.9 Å². The van der Waals surface area contributed by atoms with E-state index in [1.807, 2.05) is 0 Å². The van der Waals surface area contributed by atoms with Gasteiger partial charge >= 0.3 is 29.6 Å². The Morgan fingerprint density at radius 1 is 1.16 bits per heavy atom. The van der Waals surface area contributed by atoms with Gasteiger partial charge in [0, 0.05) is 6.42 Å². The van der Waals surface area contributed by atoms with Crippen LogP contribution in [0.5, 0.6) is 0 Å². The van der Waals surface area contributed by atoms with Crippen LogP contribution >= 0.6 is 0 Å². The van der Waals surface area contributed by atoms with Gasteiger partial charge in [0.1, 0.15) is 25.7 Å². The Morgan fingerprint density at radius 2 is 1.78 bits per heavy atom. The fourth-order valence-corrected chi connectivity index (χ4v) is 4.73. The van der Waals surface area contributed by atoms with Gasteiger partial charge < -0.3 is 14.8 Å². The minimum absolute atomic E-state index is 0. The van der Waals surface area contributed by atoms with Gasteiger partial charge in [-0.2, -0.15) is 0 Å². The Bertz CT molecular complexity index is 699. The molecule has 0 saturated carbocycles. The number of aliphatic hydroxyl groups excluding tert-OH is 2. The van der Waals surface area contributed by atoms with Crippen LogP contribution in [0.15, 0.2) is 17.1 Å². The first-order valence-corrected chi connectivity index (χ1v) is 13.1. The molecule has 1 rings (SSSR count). The number of quaternary nitrogens is 1. The van der Waals surface area contributed by atoms with Crippen molar-refractivity contribution in [3.8, 4) is 0 Å². The van der Waals surface area contributed by atoms with Crippen molar-refractivity contribution in [2.45, 2.75) is 77.2 Å². The maximum absolute atomic E-state index is 12.8. The molecule has 0 saturated heterocycles. The van der Waals surface area contributed by atoms with E-state index in [1.54, 1.807) is 0 Å². The first-order chi connectivity index (χ1) is 14.7. The van der Waals surface area contributed by atoms with E-state index in [9.17, 15) is 28.0 Å². The van der Waals surface area contributed by atoms with E-state index in [2.05, 4.69) is 24.1 Å². The van der Waals surface area contributed by atoms with Crippen molar-refractivity contribution in [1.82, 2.24) is 0 Å². The largest absolute Gasteiger partial charge is 1.00 e. The number of amidine groups is 1. The third-order valence-corrected chi connectivity index (χ3v) is 6.44. The summed E-state index contributed by atoms with van der Waals surface area (Å²) in [5.74, 6) is -0.739. The number of aliphatic hydroxyl groups is 2. The van der Waals surface area contributed by atoms with Gasteiger partial charge in [0.2, 0.25) is 5.78 Å². The summed E-state index contributed by atoms with van der Waals surface area (Å²) in [4.78, 5) is 17.1. The average molecular weight is 484 g/mol. The second-order valence-electron chi connectivity index (χ2n) is 8.40. The Morgan fingerprint density at radius 3 is 2.38 bits per heavy atom. The van der Waals surface area contributed by atoms with E-state index in [-0.39, 0.29) is 65.4 Å². The van der Waals surface area contributed by atoms with Crippen LogP contribution in [0.4, 0.5) is 0 Å². The van der Waals surface area contributed by atoms with Crippen molar-refractivity contribution in [3.05, 3.63) is 12.2 Å². The molecule has 0 spiro atoms. The molecule has 1 aliphatic rings. The number of ketones is 1. The zero-order valence-corrected chi connectivity index (χ0v) is 22.7. The molecule has 2 N–H and O–H groups in total. The third-order valence-electron chi connectivity index (χ3n) is 5.65. The molecule has 32 heavy (non-hydrogen) atoms. The van der Waals surface area contributed by atoms with Crippen LogP contribution in [0.1, 0.15) is 71.1 Å².